The number of hydrogen-bond acceptors (Lipinski definition) is 1. The molecular formula is C21H24S. The van der Waals surface area contributed by atoms with Crippen molar-refractivity contribution in [1.29, 1.82) is 0 Å². The minimum atomic E-state index is 0.991. The minimum absolute atomic E-state index is 0.991. The average molecular weight is 308 g/mol. The molecule has 0 saturated heterocycles. The fourth-order valence-electron chi connectivity index (χ4n) is 2.31. The molecule has 0 amide bonds. The number of thioether (sulfide) groups is 1. The molecule has 2 rings (SSSR count). The van der Waals surface area contributed by atoms with Crippen molar-refractivity contribution in [2.75, 3.05) is 6.26 Å². The quantitative estimate of drug-likeness (QED) is 0.599. The van der Waals surface area contributed by atoms with Gasteiger partial charge in [0.15, 0.2) is 0 Å². The summed E-state index contributed by atoms with van der Waals surface area (Å²) in [4.78, 5) is 1.39. The summed E-state index contributed by atoms with van der Waals surface area (Å²) < 4.78 is 0. The van der Waals surface area contributed by atoms with Crippen molar-refractivity contribution in [1.82, 2.24) is 0 Å². The summed E-state index contributed by atoms with van der Waals surface area (Å²) in [7, 11) is 0. The van der Waals surface area contributed by atoms with Gasteiger partial charge in [-0.3, -0.25) is 0 Å². The molecule has 0 atom stereocenters. The molecule has 0 saturated carbocycles. The highest BCUT2D eigenvalue weighted by molar-refractivity contribution is 8.02. The van der Waals surface area contributed by atoms with E-state index in [-0.39, 0.29) is 0 Å². The molecule has 114 valence electrons. The van der Waals surface area contributed by atoms with Crippen LogP contribution in [0.4, 0.5) is 0 Å². The van der Waals surface area contributed by atoms with Crippen LogP contribution in [0.2, 0.25) is 0 Å². The zero-order valence-corrected chi connectivity index (χ0v) is 14.5. The molecule has 0 N–H and O–H groups in total. The van der Waals surface area contributed by atoms with Crippen LogP contribution in [0.15, 0.2) is 71.7 Å². The Morgan fingerprint density at radius 1 is 0.955 bits per heavy atom. The summed E-state index contributed by atoms with van der Waals surface area (Å²) in [5, 5.41) is 0. The zero-order valence-electron chi connectivity index (χ0n) is 13.7. The normalized spacial score (nSPS) is 12.0. The lowest BCUT2D eigenvalue weighted by atomic mass is 10.0. The van der Waals surface area contributed by atoms with Crippen LogP contribution in [0.1, 0.15) is 22.3 Å². The van der Waals surface area contributed by atoms with Gasteiger partial charge in [-0.05, 0) is 53.7 Å². The number of aryl methyl sites for hydroxylation is 2. The Kier molecular flexibility index (Phi) is 6.54. The Labute approximate surface area is 139 Å². The Morgan fingerprint density at radius 3 is 2.41 bits per heavy atom. The number of rotatable bonds is 6. The van der Waals surface area contributed by atoms with E-state index in [2.05, 4.69) is 86.9 Å². The topological polar surface area (TPSA) is 0 Å². The predicted molar refractivity (Wildman–Crippen MR) is 101 cm³/mol. The third-order valence-corrected chi connectivity index (χ3v) is 4.63. The van der Waals surface area contributed by atoms with Gasteiger partial charge < -0.3 is 0 Å². The van der Waals surface area contributed by atoms with Crippen molar-refractivity contribution in [2.24, 2.45) is 0 Å². The van der Waals surface area contributed by atoms with Crippen molar-refractivity contribution in [3.63, 3.8) is 0 Å². The summed E-state index contributed by atoms with van der Waals surface area (Å²) in [6.45, 7) is 4.33. The van der Waals surface area contributed by atoms with E-state index in [1.807, 2.05) is 11.8 Å². The van der Waals surface area contributed by atoms with Crippen LogP contribution < -0.4 is 0 Å². The Balaban J connectivity index is 1.94. The fraction of sp³-hybridized carbons (Fsp3) is 0.238. The minimum Gasteiger partial charge on any atom is -0.134 e. The molecule has 0 bridgehead atoms. The molecule has 0 radical (unpaired) electrons. The molecule has 0 aliphatic heterocycles. The van der Waals surface area contributed by atoms with Crippen molar-refractivity contribution >= 4 is 11.8 Å². The average Bonchev–Trinajstić information content (AvgIpc) is 2.54. The van der Waals surface area contributed by atoms with Gasteiger partial charge >= 0.3 is 0 Å². The van der Waals surface area contributed by atoms with E-state index in [1.54, 1.807) is 0 Å². The van der Waals surface area contributed by atoms with Gasteiger partial charge in [0.25, 0.3) is 0 Å². The molecule has 22 heavy (non-hydrogen) atoms. The van der Waals surface area contributed by atoms with Crippen molar-refractivity contribution in [3.05, 3.63) is 93.9 Å². The monoisotopic (exact) mass is 308 g/mol. The van der Waals surface area contributed by atoms with E-state index in [1.165, 1.54) is 27.2 Å². The van der Waals surface area contributed by atoms with E-state index in [4.69, 9.17) is 0 Å². The summed E-state index contributed by atoms with van der Waals surface area (Å²) in [5.74, 6) is 0. The van der Waals surface area contributed by atoms with Gasteiger partial charge in [0.1, 0.15) is 0 Å². The summed E-state index contributed by atoms with van der Waals surface area (Å²) in [6.07, 6.45) is 10.8. The number of benzene rings is 2. The van der Waals surface area contributed by atoms with E-state index in [0.717, 1.165) is 12.8 Å². The third kappa shape index (κ3) is 5.23. The van der Waals surface area contributed by atoms with Gasteiger partial charge in [-0.25, -0.2) is 0 Å². The smallest absolute Gasteiger partial charge is 0.00342 e. The second kappa shape index (κ2) is 8.65. The van der Waals surface area contributed by atoms with Crippen molar-refractivity contribution < 1.29 is 0 Å². The van der Waals surface area contributed by atoms with E-state index < -0.39 is 0 Å². The van der Waals surface area contributed by atoms with Crippen LogP contribution in [0.25, 0.3) is 0 Å². The zero-order chi connectivity index (χ0) is 15.8. The van der Waals surface area contributed by atoms with Crippen LogP contribution in [0, 0.1) is 13.8 Å². The van der Waals surface area contributed by atoms with Gasteiger partial charge in [-0.2, -0.15) is 0 Å². The third-order valence-electron chi connectivity index (χ3n) is 3.83. The lowest BCUT2D eigenvalue weighted by molar-refractivity contribution is 1.22. The van der Waals surface area contributed by atoms with Gasteiger partial charge in [-0.15, -0.1) is 11.8 Å². The lowest BCUT2D eigenvalue weighted by Gasteiger charge is -2.03. The maximum Gasteiger partial charge on any atom is 0.00342 e. The first-order valence-electron chi connectivity index (χ1n) is 7.69. The fourth-order valence-corrected chi connectivity index (χ4v) is 2.83. The Bertz CT molecular complexity index is 651. The summed E-state index contributed by atoms with van der Waals surface area (Å²) >= 11 is 1.83. The predicted octanol–water partition coefficient (Wildman–Crippen LogP) is 5.89. The Morgan fingerprint density at radius 2 is 1.73 bits per heavy atom. The van der Waals surface area contributed by atoms with Gasteiger partial charge in [0, 0.05) is 6.42 Å². The highest BCUT2D eigenvalue weighted by Crippen LogP contribution is 2.18. The second-order valence-corrected chi connectivity index (χ2v) is 6.48. The first-order chi connectivity index (χ1) is 10.7. The van der Waals surface area contributed by atoms with Crippen LogP contribution in [0.3, 0.4) is 0 Å². The highest BCUT2D eigenvalue weighted by atomic mass is 32.2. The largest absolute Gasteiger partial charge is 0.134 e. The highest BCUT2D eigenvalue weighted by Gasteiger charge is 1.97. The van der Waals surface area contributed by atoms with E-state index in [9.17, 15) is 0 Å². The molecule has 0 nitrogen and oxygen atoms in total. The van der Waals surface area contributed by atoms with Crippen LogP contribution >= 0.6 is 11.8 Å². The molecule has 2 aromatic rings. The molecule has 0 aliphatic rings. The maximum absolute atomic E-state index is 2.28. The Hall–Kier alpha value is -1.73. The molecule has 0 heterocycles. The first kappa shape index (κ1) is 16.6. The molecule has 0 aromatic heterocycles. The molecule has 0 fully saturated rings. The lowest BCUT2D eigenvalue weighted by Crippen LogP contribution is -1.87. The number of hydrogen-bond donors (Lipinski definition) is 0. The molecule has 0 spiro atoms. The molecule has 0 aliphatic carbocycles. The van der Waals surface area contributed by atoms with E-state index >= 15 is 0 Å². The standard InChI is InChI=1S/C21H24S/c1-17-13-14-20(15-18(17)2)11-7-8-12-21(22-3)16-19-9-5-4-6-10-19/h4-10,12-15H,11,16H2,1-3H3/b8-7?,21-12-. The SMILES string of the molecule is CS/C(=C\C=CCc1ccc(C)c(C)c1)Cc1ccccc1. The summed E-state index contributed by atoms with van der Waals surface area (Å²) in [6, 6.07) is 17.3. The molecule has 2 aromatic carbocycles. The van der Waals surface area contributed by atoms with Crippen LogP contribution in [0.5, 0.6) is 0 Å². The van der Waals surface area contributed by atoms with Crippen molar-refractivity contribution in [2.45, 2.75) is 26.7 Å². The van der Waals surface area contributed by atoms with Gasteiger partial charge in [-0.1, -0.05) is 66.8 Å². The van der Waals surface area contributed by atoms with Crippen LogP contribution in [-0.2, 0) is 12.8 Å². The second-order valence-electron chi connectivity index (χ2n) is 5.55. The molecule has 0 unspecified atom stereocenters. The maximum atomic E-state index is 2.28. The van der Waals surface area contributed by atoms with Crippen LogP contribution in [-0.4, -0.2) is 6.26 Å². The van der Waals surface area contributed by atoms with Gasteiger partial charge in [0.2, 0.25) is 0 Å². The van der Waals surface area contributed by atoms with Crippen molar-refractivity contribution in [3.8, 4) is 0 Å². The first-order valence-corrected chi connectivity index (χ1v) is 8.91. The molecule has 1 heteroatoms. The van der Waals surface area contributed by atoms with Gasteiger partial charge in [0.05, 0.1) is 0 Å². The summed E-state index contributed by atoms with van der Waals surface area (Å²) in [5.41, 5.74) is 5.47. The number of allylic oxidation sites excluding steroid dienone is 4. The molecular weight excluding hydrogens is 284 g/mol. The van der Waals surface area contributed by atoms with E-state index in [0.29, 0.717) is 0 Å².